The Morgan fingerprint density at radius 1 is 1.19 bits per heavy atom. The highest BCUT2D eigenvalue weighted by atomic mass is 19.1. The van der Waals surface area contributed by atoms with Gasteiger partial charge in [-0.05, 0) is 12.6 Å². The van der Waals surface area contributed by atoms with E-state index in [9.17, 15) is 14.0 Å². The predicted octanol–water partition coefficient (Wildman–Crippen LogP) is 1.04. The summed E-state index contributed by atoms with van der Waals surface area (Å²) in [6.07, 6.45) is 3.06. The fourth-order valence-electron chi connectivity index (χ4n) is 2.21. The summed E-state index contributed by atoms with van der Waals surface area (Å²) in [5.74, 6) is -0.333. The average Bonchev–Trinajstić information content (AvgIpc) is 2.48. The second-order valence-electron chi connectivity index (χ2n) is 4.80. The Kier molecular flexibility index (Phi) is 4.70. The number of halogens is 1. The van der Waals surface area contributed by atoms with Crippen molar-refractivity contribution in [2.24, 2.45) is 7.05 Å². The fraction of sp³-hybridized carbons (Fsp3) is 0.333. The summed E-state index contributed by atoms with van der Waals surface area (Å²) >= 11 is 0. The molecule has 1 atom stereocenters. The van der Waals surface area contributed by atoms with Crippen LogP contribution < -0.4 is 16.4 Å². The fourth-order valence-corrected chi connectivity index (χ4v) is 2.21. The van der Waals surface area contributed by atoms with Gasteiger partial charge in [-0.2, -0.15) is 0 Å². The number of benzene rings is 1. The van der Waals surface area contributed by atoms with Crippen molar-refractivity contribution in [3.63, 3.8) is 0 Å². The molecular formula is C15H18FN3O2. The largest absolute Gasteiger partial charge is 0.316 e. The molecule has 5 nitrogen and oxygen atoms in total. The maximum absolute atomic E-state index is 13.9. The number of hydrogen-bond donors (Lipinski definition) is 1. The van der Waals surface area contributed by atoms with Gasteiger partial charge in [-0.1, -0.05) is 25.1 Å². The lowest BCUT2D eigenvalue weighted by Crippen LogP contribution is -2.41. The first-order chi connectivity index (χ1) is 10.0. The summed E-state index contributed by atoms with van der Waals surface area (Å²) < 4.78 is 16.5. The van der Waals surface area contributed by atoms with E-state index in [1.54, 1.807) is 18.2 Å². The van der Waals surface area contributed by atoms with E-state index in [0.29, 0.717) is 12.1 Å². The Morgan fingerprint density at radius 3 is 2.57 bits per heavy atom. The van der Waals surface area contributed by atoms with Gasteiger partial charge in [0.2, 0.25) is 0 Å². The number of aryl methyl sites for hydroxylation is 1. The van der Waals surface area contributed by atoms with E-state index in [1.165, 1.54) is 34.6 Å². The van der Waals surface area contributed by atoms with E-state index in [2.05, 4.69) is 5.32 Å². The van der Waals surface area contributed by atoms with Crippen LogP contribution in [0.1, 0.15) is 18.5 Å². The monoisotopic (exact) mass is 291 g/mol. The number of hydrogen-bond acceptors (Lipinski definition) is 3. The van der Waals surface area contributed by atoms with Gasteiger partial charge in [0, 0.05) is 31.5 Å². The van der Waals surface area contributed by atoms with E-state index in [-0.39, 0.29) is 18.4 Å². The molecule has 0 amide bonds. The van der Waals surface area contributed by atoms with Crippen molar-refractivity contribution in [1.82, 2.24) is 14.5 Å². The van der Waals surface area contributed by atoms with Crippen LogP contribution in [0.25, 0.3) is 0 Å². The summed E-state index contributed by atoms with van der Waals surface area (Å²) in [6.45, 7) is 2.73. The highest BCUT2D eigenvalue weighted by Gasteiger charge is 2.16. The molecule has 0 saturated heterocycles. The summed E-state index contributed by atoms with van der Waals surface area (Å²) in [5, 5.41) is 3.14. The quantitative estimate of drug-likeness (QED) is 0.837. The number of aromatic nitrogens is 2. The first kappa shape index (κ1) is 15.2. The molecule has 1 aromatic heterocycles. The molecule has 6 heteroatoms. The van der Waals surface area contributed by atoms with Gasteiger partial charge in [0.25, 0.3) is 0 Å². The van der Waals surface area contributed by atoms with Gasteiger partial charge in [0.05, 0.1) is 6.04 Å². The molecule has 0 bridgehead atoms. The third-order valence-electron chi connectivity index (χ3n) is 3.34. The SMILES string of the molecule is CCNC(Cn1ccn(C)c(=O)c1=O)c1ccccc1F. The van der Waals surface area contributed by atoms with Crippen LogP contribution in [-0.2, 0) is 13.6 Å². The van der Waals surface area contributed by atoms with Crippen molar-refractivity contribution in [2.45, 2.75) is 19.5 Å². The molecule has 0 aliphatic heterocycles. The Hall–Kier alpha value is -2.21. The Labute approximate surface area is 121 Å². The smallest absolute Gasteiger partial charge is 0.312 e. The van der Waals surface area contributed by atoms with Gasteiger partial charge >= 0.3 is 11.1 Å². The normalized spacial score (nSPS) is 12.3. The van der Waals surface area contributed by atoms with Gasteiger partial charge < -0.3 is 14.5 Å². The topological polar surface area (TPSA) is 56.0 Å². The first-order valence-electron chi connectivity index (χ1n) is 6.78. The van der Waals surface area contributed by atoms with Crippen molar-refractivity contribution in [3.05, 3.63) is 68.7 Å². The van der Waals surface area contributed by atoms with Gasteiger partial charge in [-0.3, -0.25) is 9.59 Å². The number of likely N-dealkylation sites (N-methyl/N-ethyl adjacent to an activating group) is 1. The van der Waals surface area contributed by atoms with Crippen LogP contribution in [0.15, 0.2) is 46.2 Å². The molecule has 0 aliphatic rings. The molecule has 0 fully saturated rings. The highest BCUT2D eigenvalue weighted by molar-refractivity contribution is 5.21. The molecule has 1 aromatic carbocycles. The standard InChI is InChI=1S/C15H18FN3O2/c1-3-17-13(11-6-4-5-7-12(11)16)10-19-9-8-18(2)14(20)15(19)21/h4-9,13,17H,3,10H2,1-2H3. The highest BCUT2D eigenvalue weighted by Crippen LogP contribution is 2.17. The van der Waals surface area contributed by atoms with Crippen LogP contribution in [0.5, 0.6) is 0 Å². The molecule has 0 saturated carbocycles. The molecule has 1 N–H and O–H groups in total. The van der Waals surface area contributed by atoms with E-state index in [4.69, 9.17) is 0 Å². The maximum Gasteiger partial charge on any atom is 0.316 e. The molecule has 2 aromatic rings. The van der Waals surface area contributed by atoms with Crippen LogP contribution in [0.4, 0.5) is 4.39 Å². The third kappa shape index (κ3) is 3.28. The first-order valence-corrected chi connectivity index (χ1v) is 6.78. The average molecular weight is 291 g/mol. The number of nitrogens with zero attached hydrogens (tertiary/aromatic N) is 2. The molecule has 112 valence electrons. The van der Waals surface area contributed by atoms with Crippen molar-refractivity contribution < 1.29 is 4.39 Å². The van der Waals surface area contributed by atoms with E-state index in [0.717, 1.165) is 0 Å². The second-order valence-corrected chi connectivity index (χ2v) is 4.80. The maximum atomic E-state index is 13.9. The van der Waals surface area contributed by atoms with Gasteiger partial charge in [-0.15, -0.1) is 0 Å². The van der Waals surface area contributed by atoms with Crippen LogP contribution in [-0.4, -0.2) is 15.7 Å². The molecule has 0 aliphatic carbocycles. The molecule has 1 unspecified atom stereocenters. The second kappa shape index (κ2) is 6.49. The lowest BCUT2D eigenvalue weighted by Gasteiger charge is -2.20. The number of nitrogens with one attached hydrogen (secondary N) is 1. The summed E-state index contributed by atoms with van der Waals surface area (Å²) in [7, 11) is 1.52. The zero-order valence-electron chi connectivity index (χ0n) is 12.0. The summed E-state index contributed by atoms with van der Waals surface area (Å²) in [4.78, 5) is 23.6. The van der Waals surface area contributed by atoms with Crippen LogP contribution in [0.2, 0.25) is 0 Å². The Balaban J connectivity index is 2.38. The summed E-state index contributed by atoms with van der Waals surface area (Å²) in [6, 6.07) is 6.05. The minimum Gasteiger partial charge on any atom is -0.312 e. The van der Waals surface area contributed by atoms with Crippen molar-refractivity contribution in [1.29, 1.82) is 0 Å². The van der Waals surface area contributed by atoms with E-state index in [1.807, 2.05) is 6.92 Å². The zero-order valence-corrected chi connectivity index (χ0v) is 12.0. The zero-order chi connectivity index (χ0) is 15.4. The van der Waals surface area contributed by atoms with Crippen molar-refractivity contribution >= 4 is 0 Å². The molecule has 1 heterocycles. The Bertz CT molecular complexity index is 736. The Morgan fingerprint density at radius 2 is 1.90 bits per heavy atom. The van der Waals surface area contributed by atoms with Gasteiger partial charge in [-0.25, -0.2) is 4.39 Å². The van der Waals surface area contributed by atoms with Crippen LogP contribution >= 0.6 is 0 Å². The van der Waals surface area contributed by atoms with Crippen molar-refractivity contribution in [3.8, 4) is 0 Å². The van der Waals surface area contributed by atoms with Crippen molar-refractivity contribution in [2.75, 3.05) is 6.54 Å². The van der Waals surface area contributed by atoms with E-state index < -0.39 is 11.1 Å². The molecule has 0 spiro atoms. The van der Waals surface area contributed by atoms with Gasteiger partial charge in [0.1, 0.15) is 5.82 Å². The van der Waals surface area contributed by atoms with Crippen LogP contribution in [0.3, 0.4) is 0 Å². The number of rotatable bonds is 5. The minimum atomic E-state index is -0.612. The molecular weight excluding hydrogens is 273 g/mol. The lowest BCUT2D eigenvalue weighted by molar-refractivity contribution is 0.443. The van der Waals surface area contributed by atoms with E-state index >= 15 is 0 Å². The predicted molar refractivity (Wildman–Crippen MR) is 78.8 cm³/mol. The third-order valence-corrected chi connectivity index (χ3v) is 3.34. The summed E-state index contributed by atoms with van der Waals surface area (Å²) in [5.41, 5.74) is -0.729. The lowest BCUT2D eigenvalue weighted by atomic mass is 10.1. The van der Waals surface area contributed by atoms with Gasteiger partial charge in [0.15, 0.2) is 0 Å². The molecule has 2 rings (SSSR count). The minimum absolute atomic E-state index is 0.198. The molecule has 21 heavy (non-hydrogen) atoms. The molecule has 0 radical (unpaired) electrons. The van der Waals surface area contributed by atoms with Crippen LogP contribution in [0, 0.1) is 5.82 Å².